The largest absolute Gasteiger partial charge is 0.508 e. The minimum absolute atomic E-state index is 0.0207. The first-order valence-electron chi connectivity index (χ1n) is 8.06. The average Bonchev–Trinajstić information content (AvgIpc) is 2.45. The summed E-state index contributed by atoms with van der Waals surface area (Å²) in [5, 5.41) is 9.95. The number of carbonyl (C=O) groups is 1. The molecule has 3 aliphatic rings. The lowest BCUT2D eigenvalue weighted by atomic mass is 9.51. The van der Waals surface area contributed by atoms with Gasteiger partial charge in [-0.15, -0.1) is 0 Å². The number of hydrogen-bond acceptors (Lipinski definition) is 3. The van der Waals surface area contributed by atoms with Crippen molar-refractivity contribution in [2.45, 2.75) is 44.1 Å². The second-order valence-corrected chi connectivity index (χ2v) is 7.39. The van der Waals surface area contributed by atoms with Crippen LogP contribution in [0.2, 0.25) is 0 Å². The van der Waals surface area contributed by atoms with Crippen molar-refractivity contribution in [2.24, 2.45) is 11.8 Å². The first-order valence-corrected chi connectivity index (χ1v) is 8.06. The van der Waals surface area contributed by atoms with Gasteiger partial charge in [0.25, 0.3) is 0 Å². The maximum Gasteiger partial charge on any atom is 0.136 e. The minimum Gasteiger partial charge on any atom is -0.508 e. The molecule has 0 amide bonds. The fourth-order valence-electron chi connectivity index (χ4n) is 5.16. The van der Waals surface area contributed by atoms with Crippen LogP contribution in [0.4, 0.5) is 0 Å². The normalized spacial score (nSPS) is 38.8. The number of Topliss-reactive ketones (excluding diaryl/α,β-unsaturated/α-hetero) is 1. The van der Waals surface area contributed by atoms with Crippen LogP contribution in [0.15, 0.2) is 18.2 Å². The molecule has 2 bridgehead atoms. The van der Waals surface area contributed by atoms with Crippen LogP contribution in [-0.2, 0) is 16.6 Å². The SMILES string of the molecule is C[C@@H]1C[C@@H]2C3Cc4ccc(O)cc4C2(CCN3C)CC1=O. The van der Waals surface area contributed by atoms with Crippen LogP contribution in [0, 0.1) is 11.8 Å². The van der Waals surface area contributed by atoms with E-state index in [9.17, 15) is 9.90 Å². The van der Waals surface area contributed by atoms with Crippen LogP contribution in [0.5, 0.6) is 5.75 Å². The smallest absolute Gasteiger partial charge is 0.136 e. The molecule has 1 heterocycles. The van der Waals surface area contributed by atoms with Crippen molar-refractivity contribution in [3.8, 4) is 5.75 Å². The molecule has 4 rings (SSSR count). The average molecular weight is 285 g/mol. The Morgan fingerprint density at radius 1 is 1.38 bits per heavy atom. The highest BCUT2D eigenvalue weighted by Crippen LogP contribution is 2.56. The molecule has 1 saturated carbocycles. The number of nitrogens with zero attached hydrogens (tertiary/aromatic N) is 1. The highest BCUT2D eigenvalue weighted by atomic mass is 16.3. The molecule has 0 spiro atoms. The summed E-state index contributed by atoms with van der Waals surface area (Å²) in [6.45, 7) is 3.14. The van der Waals surface area contributed by atoms with E-state index in [1.165, 1.54) is 11.1 Å². The van der Waals surface area contributed by atoms with E-state index in [4.69, 9.17) is 0 Å². The fourth-order valence-corrected chi connectivity index (χ4v) is 5.16. The monoisotopic (exact) mass is 285 g/mol. The fraction of sp³-hybridized carbons (Fsp3) is 0.611. The molecule has 3 nitrogen and oxygen atoms in total. The maximum absolute atomic E-state index is 12.4. The number of piperidine rings is 1. The van der Waals surface area contributed by atoms with Crippen molar-refractivity contribution in [2.75, 3.05) is 13.6 Å². The lowest BCUT2D eigenvalue weighted by Gasteiger charge is -2.58. The van der Waals surface area contributed by atoms with Gasteiger partial charge in [0.05, 0.1) is 0 Å². The summed E-state index contributed by atoms with van der Waals surface area (Å²) in [5.74, 6) is 1.49. The maximum atomic E-state index is 12.4. The molecule has 1 aromatic carbocycles. The number of phenols is 1. The van der Waals surface area contributed by atoms with Gasteiger partial charge < -0.3 is 10.0 Å². The standard InChI is InChI=1S/C18H23NO2/c1-11-7-15-16-8-12-3-4-13(20)9-14(12)18(15,10-17(11)21)5-6-19(16)2/h3-4,9,11,15-16,20H,5-8,10H2,1-2H3/t11-,15-,16?,18?/m1/s1. The molecule has 1 saturated heterocycles. The third-order valence-electron chi connectivity index (χ3n) is 6.36. The molecule has 0 radical (unpaired) electrons. The third-order valence-corrected chi connectivity index (χ3v) is 6.36. The Bertz CT molecular complexity index is 611. The number of fused-ring (bicyclic) bond motifs is 1. The summed E-state index contributed by atoms with van der Waals surface area (Å²) in [4.78, 5) is 14.9. The third kappa shape index (κ3) is 1.73. The number of phenolic OH excluding ortho intramolecular Hbond substituents is 1. The van der Waals surface area contributed by atoms with Crippen LogP contribution in [-0.4, -0.2) is 35.4 Å². The number of hydrogen-bond donors (Lipinski definition) is 1. The molecular weight excluding hydrogens is 262 g/mol. The van der Waals surface area contributed by atoms with Crippen LogP contribution in [0.25, 0.3) is 0 Å². The van der Waals surface area contributed by atoms with E-state index in [-0.39, 0.29) is 11.3 Å². The summed E-state index contributed by atoms with van der Waals surface area (Å²) >= 11 is 0. The van der Waals surface area contributed by atoms with Crippen LogP contribution in [0.3, 0.4) is 0 Å². The Kier molecular flexibility index (Phi) is 2.74. The molecule has 1 aliphatic heterocycles. The molecule has 3 heteroatoms. The summed E-state index contributed by atoms with van der Waals surface area (Å²) in [5.41, 5.74) is 2.58. The summed E-state index contributed by atoms with van der Waals surface area (Å²) in [6.07, 6.45) is 3.77. The first-order chi connectivity index (χ1) is 10.0. The molecular formula is C18H23NO2. The van der Waals surface area contributed by atoms with Crippen molar-refractivity contribution in [1.82, 2.24) is 4.90 Å². The molecule has 112 valence electrons. The minimum atomic E-state index is -0.0207. The molecule has 4 atom stereocenters. The Morgan fingerprint density at radius 3 is 3.00 bits per heavy atom. The number of likely N-dealkylation sites (tertiary alicyclic amines) is 1. The van der Waals surface area contributed by atoms with Crippen molar-refractivity contribution >= 4 is 5.78 Å². The summed E-state index contributed by atoms with van der Waals surface area (Å²) in [6, 6.07) is 6.34. The second kappa shape index (κ2) is 4.33. The Morgan fingerprint density at radius 2 is 2.19 bits per heavy atom. The van der Waals surface area contributed by atoms with E-state index in [0.717, 1.165) is 25.8 Å². The molecule has 0 aromatic heterocycles. The van der Waals surface area contributed by atoms with Gasteiger partial charge in [-0.05, 0) is 62.0 Å². The van der Waals surface area contributed by atoms with Crippen LogP contribution in [0.1, 0.15) is 37.3 Å². The number of likely N-dealkylation sites (N-methyl/N-ethyl adjacent to an activating group) is 1. The van der Waals surface area contributed by atoms with Gasteiger partial charge in [-0.1, -0.05) is 13.0 Å². The first kappa shape index (κ1) is 13.3. The highest BCUT2D eigenvalue weighted by Gasteiger charge is 2.56. The molecule has 2 fully saturated rings. The Hall–Kier alpha value is -1.35. The van der Waals surface area contributed by atoms with Gasteiger partial charge in [-0.3, -0.25) is 4.79 Å². The van der Waals surface area contributed by atoms with Gasteiger partial charge in [0.1, 0.15) is 11.5 Å². The predicted octanol–water partition coefficient (Wildman–Crippen LogP) is 2.51. The quantitative estimate of drug-likeness (QED) is 0.796. The zero-order valence-electron chi connectivity index (χ0n) is 12.8. The van der Waals surface area contributed by atoms with E-state index in [0.29, 0.717) is 29.9 Å². The van der Waals surface area contributed by atoms with E-state index >= 15 is 0 Å². The summed E-state index contributed by atoms with van der Waals surface area (Å²) in [7, 11) is 2.22. The number of benzene rings is 1. The molecule has 2 unspecified atom stereocenters. The number of aromatic hydroxyl groups is 1. The number of ketones is 1. The molecule has 21 heavy (non-hydrogen) atoms. The van der Waals surface area contributed by atoms with E-state index < -0.39 is 0 Å². The van der Waals surface area contributed by atoms with E-state index in [2.05, 4.69) is 24.9 Å². The van der Waals surface area contributed by atoms with Crippen molar-refractivity contribution in [1.29, 1.82) is 0 Å². The van der Waals surface area contributed by atoms with Gasteiger partial charge in [0.15, 0.2) is 0 Å². The highest BCUT2D eigenvalue weighted by molar-refractivity contribution is 5.83. The lowest BCUT2D eigenvalue weighted by Crippen LogP contribution is -2.61. The topological polar surface area (TPSA) is 40.5 Å². The number of rotatable bonds is 0. The van der Waals surface area contributed by atoms with Crippen molar-refractivity contribution in [3.63, 3.8) is 0 Å². The molecule has 1 aromatic rings. The van der Waals surface area contributed by atoms with Crippen LogP contribution >= 0.6 is 0 Å². The van der Waals surface area contributed by atoms with E-state index in [1.807, 2.05) is 6.07 Å². The predicted molar refractivity (Wildman–Crippen MR) is 81.4 cm³/mol. The van der Waals surface area contributed by atoms with Crippen molar-refractivity contribution < 1.29 is 9.90 Å². The Labute approximate surface area is 126 Å². The molecule has 1 N–H and O–H groups in total. The Balaban J connectivity index is 1.91. The lowest BCUT2D eigenvalue weighted by molar-refractivity contribution is -0.132. The van der Waals surface area contributed by atoms with Crippen LogP contribution < -0.4 is 0 Å². The van der Waals surface area contributed by atoms with Gasteiger partial charge in [0, 0.05) is 23.8 Å². The van der Waals surface area contributed by atoms with Gasteiger partial charge in [-0.2, -0.15) is 0 Å². The second-order valence-electron chi connectivity index (χ2n) is 7.39. The van der Waals surface area contributed by atoms with Crippen molar-refractivity contribution in [3.05, 3.63) is 29.3 Å². The zero-order chi connectivity index (χ0) is 14.8. The van der Waals surface area contributed by atoms with Gasteiger partial charge in [-0.25, -0.2) is 0 Å². The molecule has 2 aliphatic carbocycles. The van der Waals surface area contributed by atoms with Gasteiger partial charge >= 0.3 is 0 Å². The zero-order valence-corrected chi connectivity index (χ0v) is 12.8. The summed E-state index contributed by atoms with van der Waals surface area (Å²) < 4.78 is 0. The number of carbonyl (C=O) groups excluding carboxylic acids is 1. The van der Waals surface area contributed by atoms with E-state index in [1.54, 1.807) is 6.07 Å². The van der Waals surface area contributed by atoms with Gasteiger partial charge in [0.2, 0.25) is 0 Å².